The predicted molar refractivity (Wildman–Crippen MR) is 98.1 cm³/mol. The van der Waals surface area contributed by atoms with Crippen LogP contribution in [-0.2, 0) is 0 Å². The van der Waals surface area contributed by atoms with Crippen LogP contribution in [0.2, 0.25) is 0 Å². The largest absolute Gasteiger partial charge is 0.494 e. The van der Waals surface area contributed by atoms with Crippen molar-refractivity contribution in [1.82, 2.24) is 9.80 Å². The number of ether oxygens (including phenoxy) is 1. The zero-order chi connectivity index (χ0) is 17.4. The van der Waals surface area contributed by atoms with Crippen LogP contribution in [-0.4, -0.2) is 48.6 Å². The van der Waals surface area contributed by atoms with Crippen molar-refractivity contribution < 1.29 is 4.74 Å². The Morgan fingerprint density at radius 2 is 1.96 bits per heavy atom. The molecule has 1 saturated heterocycles. The maximum Gasteiger partial charge on any atom is 0.123 e. The molecule has 0 spiro atoms. The Kier molecular flexibility index (Phi) is 7.55. The number of rotatable bonds is 8. The van der Waals surface area contributed by atoms with Crippen LogP contribution in [0.25, 0.3) is 0 Å². The van der Waals surface area contributed by atoms with E-state index in [1.807, 2.05) is 24.3 Å². The Morgan fingerprint density at radius 3 is 2.54 bits per heavy atom. The van der Waals surface area contributed by atoms with Crippen LogP contribution in [0, 0.1) is 11.3 Å². The molecule has 0 aliphatic carbocycles. The van der Waals surface area contributed by atoms with Gasteiger partial charge in [0.05, 0.1) is 12.7 Å². The van der Waals surface area contributed by atoms with Crippen LogP contribution < -0.4 is 4.74 Å². The molecule has 4 heteroatoms. The Balaban J connectivity index is 1.94. The van der Waals surface area contributed by atoms with Gasteiger partial charge in [-0.05, 0) is 37.6 Å². The van der Waals surface area contributed by atoms with Crippen LogP contribution in [0.5, 0.6) is 5.75 Å². The van der Waals surface area contributed by atoms with Crippen molar-refractivity contribution in [2.45, 2.75) is 52.1 Å². The number of hydrogen-bond acceptors (Lipinski definition) is 4. The molecule has 4 nitrogen and oxygen atoms in total. The van der Waals surface area contributed by atoms with Gasteiger partial charge < -0.3 is 4.74 Å². The van der Waals surface area contributed by atoms with Crippen molar-refractivity contribution in [3.8, 4) is 11.8 Å². The molecule has 0 saturated carbocycles. The van der Waals surface area contributed by atoms with Gasteiger partial charge in [0.15, 0.2) is 0 Å². The Bertz CT molecular complexity index is 523. The van der Waals surface area contributed by atoms with Crippen molar-refractivity contribution in [3.05, 3.63) is 29.8 Å². The minimum Gasteiger partial charge on any atom is -0.494 e. The average Bonchev–Trinajstić information content (AvgIpc) is 2.61. The van der Waals surface area contributed by atoms with Gasteiger partial charge in [0.25, 0.3) is 0 Å². The minimum absolute atomic E-state index is 0.166. The van der Waals surface area contributed by atoms with E-state index in [9.17, 15) is 5.26 Å². The lowest BCUT2D eigenvalue weighted by Crippen LogP contribution is -2.52. The Labute approximate surface area is 147 Å². The summed E-state index contributed by atoms with van der Waals surface area (Å²) in [6.07, 6.45) is 3.51. The van der Waals surface area contributed by atoms with E-state index in [1.54, 1.807) is 0 Å². The van der Waals surface area contributed by atoms with Gasteiger partial charge in [0.2, 0.25) is 0 Å². The number of piperazine rings is 1. The number of unbranched alkanes of at least 4 members (excludes halogenated alkanes) is 2. The van der Waals surface area contributed by atoms with Gasteiger partial charge in [-0.1, -0.05) is 38.8 Å². The molecular formula is C20H31N3O. The first-order valence-electron chi connectivity index (χ1n) is 9.30. The van der Waals surface area contributed by atoms with E-state index in [4.69, 9.17) is 4.74 Å². The summed E-state index contributed by atoms with van der Waals surface area (Å²) in [6.45, 7) is 11.4. The summed E-state index contributed by atoms with van der Waals surface area (Å²) in [7, 11) is 0. The van der Waals surface area contributed by atoms with E-state index < -0.39 is 0 Å². The molecule has 1 aliphatic heterocycles. The van der Waals surface area contributed by atoms with Crippen molar-refractivity contribution in [3.63, 3.8) is 0 Å². The molecule has 0 N–H and O–H groups in total. The van der Waals surface area contributed by atoms with Crippen LogP contribution in [0.4, 0.5) is 0 Å². The molecule has 2 rings (SSSR count). The molecule has 1 aliphatic rings. The molecule has 24 heavy (non-hydrogen) atoms. The number of nitrogens with zero attached hydrogens (tertiary/aromatic N) is 3. The highest BCUT2D eigenvalue weighted by molar-refractivity contribution is 5.31. The Morgan fingerprint density at radius 1 is 1.21 bits per heavy atom. The van der Waals surface area contributed by atoms with Gasteiger partial charge in [0.1, 0.15) is 11.8 Å². The topological polar surface area (TPSA) is 39.5 Å². The lowest BCUT2D eigenvalue weighted by molar-refractivity contribution is 0.0730. The number of likely N-dealkylation sites (N-methyl/N-ethyl adjacent to an activating group) is 1. The van der Waals surface area contributed by atoms with E-state index in [0.29, 0.717) is 6.04 Å². The van der Waals surface area contributed by atoms with Gasteiger partial charge in [-0.3, -0.25) is 9.80 Å². The van der Waals surface area contributed by atoms with E-state index in [0.717, 1.165) is 50.5 Å². The summed E-state index contributed by atoms with van der Waals surface area (Å²) >= 11 is 0. The van der Waals surface area contributed by atoms with E-state index in [1.165, 1.54) is 12.8 Å². The van der Waals surface area contributed by atoms with Crippen molar-refractivity contribution in [2.24, 2.45) is 0 Å². The molecule has 0 bridgehead atoms. The molecule has 1 aromatic rings. The molecule has 2 atom stereocenters. The Hall–Kier alpha value is -1.57. The maximum atomic E-state index is 9.67. The normalized spacial score (nSPS) is 20.5. The third-order valence-electron chi connectivity index (χ3n) is 4.90. The van der Waals surface area contributed by atoms with Gasteiger partial charge in [-0.25, -0.2) is 0 Å². The third kappa shape index (κ3) is 4.96. The third-order valence-corrected chi connectivity index (χ3v) is 4.90. The minimum atomic E-state index is -0.166. The molecule has 0 radical (unpaired) electrons. The molecule has 1 heterocycles. The standard InChI is InChI=1S/C20H31N3O/c1-4-6-7-14-24-19-10-8-18(9-11-19)20(15-21)23-13-12-22(5-2)17(3)16-23/h8-11,17,20H,4-7,12-14,16H2,1-3H3. The summed E-state index contributed by atoms with van der Waals surface area (Å²) in [5, 5.41) is 9.67. The monoisotopic (exact) mass is 329 g/mol. The van der Waals surface area contributed by atoms with E-state index in [2.05, 4.69) is 36.6 Å². The summed E-state index contributed by atoms with van der Waals surface area (Å²) in [6, 6.07) is 10.9. The van der Waals surface area contributed by atoms with Crippen LogP contribution in [0.3, 0.4) is 0 Å². The summed E-state index contributed by atoms with van der Waals surface area (Å²) < 4.78 is 5.76. The molecule has 1 fully saturated rings. The lowest BCUT2D eigenvalue weighted by Gasteiger charge is -2.41. The van der Waals surface area contributed by atoms with Gasteiger partial charge in [0, 0.05) is 25.7 Å². The lowest BCUT2D eigenvalue weighted by atomic mass is 10.0. The fourth-order valence-electron chi connectivity index (χ4n) is 3.38. The zero-order valence-electron chi connectivity index (χ0n) is 15.4. The number of benzene rings is 1. The maximum absolute atomic E-state index is 9.67. The fraction of sp³-hybridized carbons (Fsp3) is 0.650. The second-order valence-corrected chi connectivity index (χ2v) is 6.63. The van der Waals surface area contributed by atoms with E-state index >= 15 is 0 Å². The number of hydrogen-bond donors (Lipinski definition) is 0. The smallest absolute Gasteiger partial charge is 0.123 e. The zero-order valence-corrected chi connectivity index (χ0v) is 15.4. The second-order valence-electron chi connectivity index (χ2n) is 6.63. The summed E-state index contributed by atoms with van der Waals surface area (Å²) in [5.74, 6) is 0.899. The van der Waals surface area contributed by atoms with Gasteiger partial charge in [-0.2, -0.15) is 5.26 Å². The highest BCUT2D eigenvalue weighted by atomic mass is 16.5. The van der Waals surface area contributed by atoms with Crippen LogP contribution in [0.1, 0.15) is 51.6 Å². The summed E-state index contributed by atoms with van der Waals surface area (Å²) in [4.78, 5) is 4.77. The predicted octanol–water partition coefficient (Wildman–Crippen LogP) is 3.85. The van der Waals surface area contributed by atoms with Gasteiger partial charge in [-0.15, -0.1) is 0 Å². The summed E-state index contributed by atoms with van der Waals surface area (Å²) in [5.41, 5.74) is 1.07. The van der Waals surface area contributed by atoms with Crippen LogP contribution >= 0.6 is 0 Å². The van der Waals surface area contributed by atoms with Crippen LogP contribution in [0.15, 0.2) is 24.3 Å². The van der Waals surface area contributed by atoms with E-state index in [-0.39, 0.29) is 6.04 Å². The number of nitriles is 1. The highest BCUT2D eigenvalue weighted by Gasteiger charge is 2.28. The fourth-order valence-corrected chi connectivity index (χ4v) is 3.38. The quantitative estimate of drug-likeness (QED) is 0.679. The van der Waals surface area contributed by atoms with Gasteiger partial charge >= 0.3 is 0 Å². The molecule has 132 valence electrons. The van der Waals surface area contributed by atoms with Crippen molar-refractivity contribution in [1.29, 1.82) is 5.26 Å². The van der Waals surface area contributed by atoms with Crippen molar-refractivity contribution >= 4 is 0 Å². The second kappa shape index (κ2) is 9.66. The molecule has 0 aromatic heterocycles. The SMILES string of the molecule is CCCCCOc1ccc(C(C#N)N2CCN(CC)C(C)C2)cc1. The first-order chi connectivity index (χ1) is 11.7. The highest BCUT2D eigenvalue weighted by Crippen LogP contribution is 2.25. The molecule has 0 amide bonds. The molecule has 2 unspecified atom stereocenters. The first kappa shape index (κ1) is 18.8. The molecule has 1 aromatic carbocycles. The van der Waals surface area contributed by atoms with Crippen molar-refractivity contribution in [2.75, 3.05) is 32.8 Å². The molecular weight excluding hydrogens is 298 g/mol. The first-order valence-corrected chi connectivity index (χ1v) is 9.30. The average molecular weight is 329 g/mol.